The average molecular weight is 267 g/mol. The van der Waals surface area contributed by atoms with E-state index in [1.54, 1.807) is 12.1 Å². The highest BCUT2D eigenvalue weighted by Crippen LogP contribution is 2.30. The lowest BCUT2D eigenvalue weighted by Gasteiger charge is -2.24. The van der Waals surface area contributed by atoms with Gasteiger partial charge in [0, 0.05) is 12.1 Å². The van der Waals surface area contributed by atoms with Gasteiger partial charge in [-0.2, -0.15) is 0 Å². The van der Waals surface area contributed by atoms with E-state index in [4.69, 9.17) is 4.74 Å². The summed E-state index contributed by atoms with van der Waals surface area (Å²) in [5.74, 6) is -0.256. The Bertz CT molecular complexity index is 452. The van der Waals surface area contributed by atoms with Gasteiger partial charge in [0.2, 0.25) is 0 Å². The molecule has 1 aliphatic rings. The lowest BCUT2D eigenvalue weighted by atomic mass is 10.1. The highest BCUT2D eigenvalue weighted by atomic mass is 19.1. The van der Waals surface area contributed by atoms with Crippen molar-refractivity contribution in [2.75, 3.05) is 11.4 Å². The SMILES string of the molecule is CC.CC(C)(C)OC(=O)N1CCc2c(F)cccc21. The minimum atomic E-state index is -0.535. The quantitative estimate of drug-likeness (QED) is 0.706. The zero-order valence-corrected chi connectivity index (χ0v) is 12.3. The molecule has 0 unspecified atom stereocenters. The number of carbonyl (C=O) groups excluding carboxylic acids is 1. The van der Waals surface area contributed by atoms with Gasteiger partial charge in [-0.25, -0.2) is 9.18 Å². The first-order chi connectivity index (χ1) is 8.88. The van der Waals surface area contributed by atoms with Gasteiger partial charge in [0.05, 0.1) is 5.69 Å². The van der Waals surface area contributed by atoms with Crippen LogP contribution in [0, 0.1) is 5.82 Å². The monoisotopic (exact) mass is 267 g/mol. The van der Waals surface area contributed by atoms with Gasteiger partial charge in [-0.15, -0.1) is 0 Å². The Morgan fingerprint density at radius 1 is 1.32 bits per heavy atom. The standard InChI is InChI=1S/C13H16FNO2.C2H6/c1-13(2,3)17-12(16)15-8-7-9-10(14)5-4-6-11(9)15;1-2/h4-6H,7-8H2,1-3H3;1-2H3. The number of hydrogen-bond donors (Lipinski definition) is 0. The van der Waals surface area contributed by atoms with Crippen molar-refractivity contribution in [3.63, 3.8) is 0 Å². The van der Waals surface area contributed by atoms with E-state index in [1.165, 1.54) is 11.0 Å². The van der Waals surface area contributed by atoms with Crippen LogP contribution >= 0.6 is 0 Å². The van der Waals surface area contributed by atoms with Gasteiger partial charge >= 0.3 is 6.09 Å². The Hall–Kier alpha value is -1.58. The first kappa shape index (κ1) is 15.5. The summed E-state index contributed by atoms with van der Waals surface area (Å²) in [5, 5.41) is 0. The molecule has 1 aromatic rings. The molecule has 0 fully saturated rings. The molecule has 0 radical (unpaired) electrons. The first-order valence-corrected chi connectivity index (χ1v) is 6.66. The molecular weight excluding hydrogens is 245 g/mol. The Balaban J connectivity index is 0.000000861. The van der Waals surface area contributed by atoms with Crippen molar-refractivity contribution in [1.29, 1.82) is 0 Å². The van der Waals surface area contributed by atoms with Gasteiger partial charge in [-0.3, -0.25) is 4.90 Å². The molecule has 106 valence electrons. The third-order valence-corrected chi connectivity index (χ3v) is 2.58. The van der Waals surface area contributed by atoms with Crippen molar-refractivity contribution in [3.05, 3.63) is 29.6 Å². The minimum Gasteiger partial charge on any atom is -0.443 e. The highest BCUT2D eigenvalue weighted by molar-refractivity contribution is 5.90. The number of rotatable bonds is 0. The number of ether oxygens (including phenoxy) is 1. The number of carbonyl (C=O) groups is 1. The molecule has 3 nitrogen and oxygen atoms in total. The third kappa shape index (κ3) is 3.69. The molecule has 1 heterocycles. The molecule has 0 saturated heterocycles. The predicted molar refractivity (Wildman–Crippen MR) is 75.0 cm³/mol. The highest BCUT2D eigenvalue weighted by Gasteiger charge is 2.30. The zero-order chi connectivity index (χ0) is 14.6. The van der Waals surface area contributed by atoms with Crippen LogP contribution in [-0.4, -0.2) is 18.2 Å². The smallest absolute Gasteiger partial charge is 0.414 e. The summed E-state index contributed by atoms with van der Waals surface area (Å²) in [5.41, 5.74) is 0.685. The van der Waals surface area contributed by atoms with Crippen LogP contribution in [-0.2, 0) is 11.2 Å². The van der Waals surface area contributed by atoms with Crippen molar-refractivity contribution in [2.45, 2.75) is 46.6 Å². The van der Waals surface area contributed by atoms with Gasteiger partial charge in [0.1, 0.15) is 11.4 Å². The van der Waals surface area contributed by atoms with E-state index in [-0.39, 0.29) is 5.82 Å². The van der Waals surface area contributed by atoms with Gasteiger partial charge < -0.3 is 4.74 Å². The van der Waals surface area contributed by atoms with Crippen LogP contribution in [0.15, 0.2) is 18.2 Å². The summed E-state index contributed by atoms with van der Waals surface area (Å²) >= 11 is 0. The molecule has 2 rings (SSSR count). The number of nitrogens with zero attached hydrogens (tertiary/aromatic N) is 1. The Kier molecular flexibility index (Phi) is 4.92. The van der Waals surface area contributed by atoms with Gasteiger partial charge in [-0.1, -0.05) is 19.9 Å². The molecule has 0 aromatic heterocycles. The Labute approximate surface area is 114 Å². The first-order valence-electron chi connectivity index (χ1n) is 6.66. The topological polar surface area (TPSA) is 29.5 Å². The van der Waals surface area contributed by atoms with E-state index in [1.807, 2.05) is 34.6 Å². The lowest BCUT2D eigenvalue weighted by Crippen LogP contribution is -2.35. The van der Waals surface area contributed by atoms with Crippen molar-refractivity contribution in [2.24, 2.45) is 0 Å². The maximum absolute atomic E-state index is 13.5. The van der Waals surface area contributed by atoms with E-state index in [2.05, 4.69) is 0 Å². The van der Waals surface area contributed by atoms with E-state index < -0.39 is 11.7 Å². The van der Waals surface area contributed by atoms with Gasteiger partial charge in [0.25, 0.3) is 0 Å². The van der Waals surface area contributed by atoms with Crippen LogP contribution in [0.3, 0.4) is 0 Å². The van der Waals surface area contributed by atoms with E-state index >= 15 is 0 Å². The van der Waals surface area contributed by atoms with Crippen molar-refractivity contribution >= 4 is 11.8 Å². The molecule has 0 saturated carbocycles. The summed E-state index contributed by atoms with van der Waals surface area (Å²) in [4.78, 5) is 13.4. The van der Waals surface area contributed by atoms with Crippen LogP contribution in [0.25, 0.3) is 0 Å². The number of hydrogen-bond acceptors (Lipinski definition) is 2. The summed E-state index contributed by atoms with van der Waals surface area (Å²) in [6.45, 7) is 9.92. The van der Waals surface area contributed by atoms with Crippen LogP contribution in [0.4, 0.5) is 14.9 Å². The fraction of sp³-hybridized carbons (Fsp3) is 0.533. The molecule has 19 heavy (non-hydrogen) atoms. The molecule has 1 aliphatic heterocycles. The zero-order valence-electron chi connectivity index (χ0n) is 12.3. The Morgan fingerprint density at radius 2 is 1.95 bits per heavy atom. The maximum atomic E-state index is 13.5. The number of amides is 1. The lowest BCUT2D eigenvalue weighted by molar-refractivity contribution is 0.0584. The minimum absolute atomic E-state index is 0.256. The van der Waals surface area contributed by atoms with Gasteiger partial charge in [-0.05, 0) is 39.3 Å². The third-order valence-electron chi connectivity index (χ3n) is 2.58. The molecule has 0 spiro atoms. The number of anilines is 1. The van der Waals surface area contributed by atoms with Crippen molar-refractivity contribution in [3.8, 4) is 0 Å². The molecule has 4 heteroatoms. The molecule has 0 N–H and O–H groups in total. The molecule has 0 bridgehead atoms. The average Bonchev–Trinajstić information content (AvgIpc) is 2.75. The van der Waals surface area contributed by atoms with E-state index in [0.717, 1.165) is 0 Å². The molecule has 0 atom stereocenters. The fourth-order valence-corrected chi connectivity index (χ4v) is 1.90. The normalized spacial score (nSPS) is 13.5. The van der Waals surface area contributed by atoms with Crippen LogP contribution in [0.1, 0.15) is 40.2 Å². The molecular formula is C15H22FNO2. The van der Waals surface area contributed by atoms with Crippen molar-refractivity contribution < 1.29 is 13.9 Å². The second-order valence-corrected chi connectivity index (χ2v) is 5.12. The van der Waals surface area contributed by atoms with Gasteiger partial charge in [0.15, 0.2) is 0 Å². The number of fused-ring (bicyclic) bond motifs is 1. The summed E-state index contributed by atoms with van der Waals surface area (Å²) in [7, 11) is 0. The van der Waals surface area contributed by atoms with E-state index in [0.29, 0.717) is 24.2 Å². The number of benzene rings is 1. The van der Waals surface area contributed by atoms with E-state index in [9.17, 15) is 9.18 Å². The second-order valence-electron chi connectivity index (χ2n) is 5.12. The summed E-state index contributed by atoms with van der Waals surface area (Å²) < 4.78 is 18.8. The number of halogens is 1. The second kappa shape index (κ2) is 6.04. The summed E-state index contributed by atoms with van der Waals surface area (Å²) in [6, 6.07) is 4.77. The predicted octanol–water partition coefficient (Wildman–Crippen LogP) is 4.15. The fourth-order valence-electron chi connectivity index (χ4n) is 1.90. The summed E-state index contributed by atoms with van der Waals surface area (Å²) in [6.07, 6.45) is 0.128. The van der Waals surface area contributed by atoms with Crippen LogP contribution in [0.2, 0.25) is 0 Å². The molecule has 0 aliphatic carbocycles. The molecule has 1 aromatic carbocycles. The van der Waals surface area contributed by atoms with Crippen molar-refractivity contribution in [1.82, 2.24) is 0 Å². The van der Waals surface area contributed by atoms with Crippen LogP contribution in [0.5, 0.6) is 0 Å². The Morgan fingerprint density at radius 3 is 2.53 bits per heavy atom. The maximum Gasteiger partial charge on any atom is 0.414 e. The van der Waals surface area contributed by atoms with Crippen LogP contribution < -0.4 is 4.90 Å². The molecule has 1 amide bonds. The largest absolute Gasteiger partial charge is 0.443 e.